The summed E-state index contributed by atoms with van der Waals surface area (Å²) in [6.07, 6.45) is 48.2. The average molecular weight is 1930 g/mol. The summed E-state index contributed by atoms with van der Waals surface area (Å²) in [4.78, 5) is 0. The number of aromatic nitrogens is 5. The van der Waals surface area contributed by atoms with Gasteiger partial charge in [-0.3, -0.25) is 0 Å². The Kier molecular flexibility index (Phi) is 27.3. The van der Waals surface area contributed by atoms with E-state index in [0.717, 1.165) is 53.3 Å². The largest absolute Gasteiger partial charge is 0.221 e. The van der Waals surface area contributed by atoms with E-state index in [0.29, 0.717) is 0 Å². The highest BCUT2D eigenvalue weighted by Crippen LogP contribution is 2.57. The fourth-order valence-electron chi connectivity index (χ4n) is 30.6. The van der Waals surface area contributed by atoms with Gasteiger partial charge in [0.15, 0.2) is 28.5 Å². The summed E-state index contributed by atoms with van der Waals surface area (Å²) in [6, 6.07) is 81.7. The molecule has 2 unspecified atom stereocenters. The zero-order valence-electron chi connectivity index (χ0n) is 91.8. The van der Waals surface area contributed by atoms with Crippen LogP contribution >= 0.6 is 0 Å². The van der Waals surface area contributed by atoms with Crippen molar-refractivity contribution < 1.29 is 22.8 Å². The smallest absolute Gasteiger partial charge is 0.198 e. The average Bonchev–Trinajstić information content (AvgIpc) is 0.867. The number of nitrogens with zero attached hydrogens (tertiary/aromatic N) is 5. The maximum absolute atomic E-state index is 2.59. The summed E-state index contributed by atoms with van der Waals surface area (Å²) in [7, 11) is 11.2. The van der Waals surface area contributed by atoms with Crippen molar-refractivity contribution in [2.45, 2.75) is 366 Å². The SMILES string of the molecule is Cc1cc2c(cc1-c1c3ccc(C4CCCCC4)cc3cc(C)[n+]1C)C1CCC2C1.Cc1cc2c(cc1-c1c3ccc(C4CCCCC4)cc3cc(C)[n+]1C)C1CCC2CC1.Cc1cc2c(cc1-c1c3ccc(C4CCCCC4)cc3cc(C)[n+]1C)CCC2.Cc1cc2ccccc2cc1-c1c2ccc(C3CCCCC3)cc2cc(C)[n+]1C.Cc1cccc2c1-c1c3c(cc(C4CCCCC4)cc3cc(C)[n+]1C)C2(C)C. The lowest BCUT2D eigenvalue weighted by Gasteiger charge is -2.38. The number of aryl methyl sites for hydroxylation is 12. The molecular formula is C141H164N5+5. The third-order valence-corrected chi connectivity index (χ3v) is 39.5. The van der Waals surface area contributed by atoms with Crippen LogP contribution in [0, 0.1) is 69.2 Å². The first-order valence-corrected chi connectivity index (χ1v) is 58.1. The normalized spacial score (nSPS) is 19.6. The van der Waals surface area contributed by atoms with E-state index in [1.54, 1.807) is 55.6 Å². The van der Waals surface area contributed by atoms with Gasteiger partial charge in [-0.2, -0.15) is 22.8 Å². The van der Waals surface area contributed by atoms with Gasteiger partial charge in [-0.05, 0) is 403 Å². The summed E-state index contributed by atoms with van der Waals surface area (Å²) >= 11 is 0. The molecule has 16 aromatic rings. The quantitative estimate of drug-likeness (QED) is 0.128. The predicted octanol–water partition coefficient (Wildman–Crippen LogP) is 35.4. The molecule has 748 valence electrons. The van der Waals surface area contributed by atoms with E-state index >= 15 is 0 Å². The molecule has 146 heavy (non-hydrogen) atoms. The van der Waals surface area contributed by atoms with Crippen molar-refractivity contribution in [1.82, 2.24) is 0 Å². The third kappa shape index (κ3) is 18.3. The number of benzene rings is 11. The molecule has 0 radical (unpaired) electrons. The molecule has 0 aliphatic heterocycles. The summed E-state index contributed by atoms with van der Waals surface area (Å²) in [5.41, 5.74) is 48.3. The van der Waals surface area contributed by atoms with E-state index in [1.165, 1.54) is 419 Å². The molecule has 12 aliphatic rings. The number of fused-ring (bicyclic) bond motifs is 15. The van der Waals surface area contributed by atoms with E-state index in [2.05, 4.69) is 347 Å². The van der Waals surface area contributed by atoms with Crippen LogP contribution in [0.1, 0.15) is 408 Å². The Morgan fingerprint density at radius 3 is 0.945 bits per heavy atom. The Morgan fingerprint density at radius 2 is 0.534 bits per heavy atom. The monoisotopic (exact) mass is 1930 g/mol. The van der Waals surface area contributed by atoms with E-state index in [9.17, 15) is 0 Å². The topological polar surface area (TPSA) is 19.4 Å². The minimum absolute atomic E-state index is 0.0273. The van der Waals surface area contributed by atoms with Crippen LogP contribution in [0.5, 0.6) is 0 Å². The zero-order valence-corrected chi connectivity index (χ0v) is 91.8. The van der Waals surface area contributed by atoms with Crippen molar-refractivity contribution in [2.24, 2.45) is 35.2 Å². The molecule has 11 aromatic carbocycles. The molecule has 2 atom stereocenters. The second-order valence-corrected chi connectivity index (χ2v) is 48.8. The van der Waals surface area contributed by atoms with Crippen molar-refractivity contribution in [2.75, 3.05) is 0 Å². The molecule has 0 amide bonds. The maximum Gasteiger partial charge on any atom is 0.221 e. The van der Waals surface area contributed by atoms with Crippen LogP contribution in [0.4, 0.5) is 0 Å². The first-order chi connectivity index (χ1) is 70.8. The van der Waals surface area contributed by atoms with Crippen LogP contribution in [0.2, 0.25) is 0 Å². The van der Waals surface area contributed by atoms with Gasteiger partial charge in [-0.15, -0.1) is 0 Å². The minimum Gasteiger partial charge on any atom is -0.198 e. The highest BCUT2D eigenvalue weighted by Gasteiger charge is 2.43. The lowest BCUT2D eigenvalue weighted by molar-refractivity contribution is -0.665. The Hall–Kier alpha value is -11.3. The molecule has 28 rings (SSSR count). The second kappa shape index (κ2) is 40.7. The van der Waals surface area contributed by atoms with E-state index < -0.39 is 0 Å². The van der Waals surface area contributed by atoms with Crippen molar-refractivity contribution in [1.29, 1.82) is 0 Å². The van der Waals surface area contributed by atoms with Gasteiger partial charge >= 0.3 is 0 Å². The van der Waals surface area contributed by atoms with Crippen LogP contribution in [0.3, 0.4) is 0 Å². The van der Waals surface area contributed by atoms with E-state index in [-0.39, 0.29) is 5.41 Å². The molecule has 5 heteroatoms. The molecule has 4 bridgehead atoms. The Morgan fingerprint density at radius 1 is 0.219 bits per heavy atom. The zero-order chi connectivity index (χ0) is 100. The van der Waals surface area contributed by atoms with E-state index in [4.69, 9.17) is 0 Å². The standard InChI is InChI=1S/C30H36N.C29H34N.C28H30N.2C27H32N/c1-19-15-28-22-9-11-23(12-10-22)29(28)18-27(19)30-26-14-13-24(21-7-5-4-6-8-21)17-25(26)16-20(2)31(30)3;1-18-13-27-22-9-10-23(16-22)28(27)17-26(18)29-25-12-11-21(20-7-5-4-6-8-20)15-24(25)14-19(2)30(29)3;1-19-15-22-11-7-8-12-23(22)18-27(19)28-26-14-13-24(21-9-5-4-6-10-21)17-25(26)16-20(2)29(28)3;1-17-10-9-13-22-24(17)26-25-21(14-18(2)28(26)5)15-20(16-23(25)27(22,3)4)19-11-7-6-8-12-19;1-18-14-21-10-7-11-22(21)17-26(18)27-25-13-12-23(20-8-5-4-6-9-20)16-24(25)15-19(2)28(27)3/h13-18,21-23H,4-12H2,1-3H3;11-15,17,20,22-23H,4-10,16H2,1-3H3;7-8,11-18,21H,4-6,9-10H2,1-3H3;9-10,13-16,19H,6-8,11-12H2,1-5H3;12-17,20H,4-11H2,1-3H3/q5*+1. The van der Waals surface area contributed by atoms with Gasteiger partial charge in [0.1, 0.15) is 35.2 Å². The summed E-state index contributed by atoms with van der Waals surface area (Å²) in [6.45, 7) is 27.6. The molecule has 7 fully saturated rings. The van der Waals surface area contributed by atoms with Crippen molar-refractivity contribution >= 4 is 64.6 Å². The molecule has 7 saturated carbocycles. The van der Waals surface area contributed by atoms with Gasteiger partial charge in [-0.1, -0.05) is 238 Å². The fourth-order valence-corrected chi connectivity index (χ4v) is 30.6. The van der Waals surface area contributed by atoms with Crippen molar-refractivity contribution in [3.05, 3.63) is 335 Å². The molecule has 12 aliphatic carbocycles. The lowest BCUT2D eigenvalue weighted by Crippen LogP contribution is -2.38. The molecule has 0 spiro atoms. The molecular weight excluding hydrogens is 1760 g/mol. The van der Waals surface area contributed by atoms with Crippen LogP contribution in [0.25, 0.3) is 121 Å². The van der Waals surface area contributed by atoms with Gasteiger partial charge in [-0.25, -0.2) is 0 Å². The van der Waals surface area contributed by atoms with Gasteiger partial charge in [0.2, 0.25) is 28.5 Å². The number of hydrogen-bond donors (Lipinski definition) is 0. The predicted molar refractivity (Wildman–Crippen MR) is 614 cm³/mol. The lowest BCUT2D eigenvalue weighted by atomic mass is 9.66. The van der Waals surface area contributed by atoms with Crippen LogP contribution in [-0.4, -0.2) is 0 Å². The summed E-state index contributed by atoms with van der Waals surface area (Å²) < 4.78 is 12.0. The highest BCUT2D eigenvalue weighted by atomic mass is 15.0. The minimum atomic E-state index is 0.0273. The van der Waals surface area contributed by atoms with Gasteiger partial charge in [0, 0.05) is 70.4 Å². The maximum atomic E-state index is 2.59. The molecule has 0 saturated heterocycles. The Balaban J connectivity index is 0.000000101. The van der Waals surface area contributed by atoms with Crippen molar-refractivity contribution in [3.63, 3.8) is 0 Å². The molecule has 5 nitrogen and oxygen atoms in total. The molecule has 5 heterocycles. The third-order valence-electron chi connectivity index (χ3n) is 39.5. The number of pyridine rings is 5. The summed E-state index contributed by atoms with van der Waals surface area (Å²) in [5.74, 6) is 7.01. The highest BCUT2D eigenvalue weighted by molar-refractivity contribution is 6.03. The Bertz CT molecular complexity index is 7800. The summed E-state index contributed by atoms with van der Waals surface area (Å²) in [5, 5.41) is 16.7. The first-order valence-electron chi connectivity index (χ1n) is 58.1. The van der Waals surface area contributed by atoms with Gasteiger partial charge in [0.25, 0.3) is 0 Å². The van der Waals surface area contributed by atoms with E-state index in [1.807, 2.05) is 0 Å². The first kappa shape index (κ1) is 98.1. The van der Waals surface area contributed by atoms with Crippen LogP contribution in [0.15, 0.2) is 206 Å². The Labute approximate surface area is 874 Å². The van der Waals surface area contributed by atoms with Crippen molar-refractivity contribution in [3.8, 4) is 56.3 Å². The fraction of sp³-hybridized carbons (Fsp3) is 0.440. The number of rotatable bonds is 9. The second-order valence-electron chi connectivity index (χ2n) is 48.8. The molecule has 0 N–H and O–H groups in total. The number of hydrogen-bond acceptors (Lipinski definition) is 0. The molecule has 5 aromatic heterocycles. The van der Waals surface area contributed by atoms with Crippen LogP contribution in [-0.2, 0) is 53.5 Å². The van der Waals surface area contributed by atoms with Gasteiger partial charge < -0.3 is 0 Å². The van der Waals surface area contributed by atoms with Gasteiger partial charge in [0.05, 0.1) is 54.7 Å². The van der Waals surface area contributed by atoms with Crippen LogP contribution < -0.4 is 22.8 Å².